The van der Waals surface area contributed by atoms with Crippen molar-refractivity contribution in [2.24, 2.45) is 0 Å². The van der Waals surface area contributed by atoms with Crippen LogP contribution in [0.1, 0.15) is 18.3 Å². The molecule has 0 atom stereocenters. The number of furan rings is 1. The van der Waals surface area contributed by atoms with E-state index in [-0.39, 0.29) is 5.78 Å². The Morgan fingerprint density at radius 2 is 2.00 bits per heavy atom. The Balaban J connectivity index is 1.84. The molecule has 3 aromatic heterocycles. The quantitative estimate of drug-likeness (QED) is 0.702. The maximum Gasteiger partial charge on any atom is 0.209 e. The second-order valence-electron chi connectivity index (χ2n) is 4.93. The molecule has 0 radical (unpaired) electrons. The molecule has 0 bridgehead atoms. The summed E-state index contributed by atoms with van der Waals surface area (Å²) >= 11 is 1.29. The van der Waals surface area contributed by atoms with Gasteiger partial charge in [-0.15, -0.1) is 5.10 Å². The van der Waals surface area contributed by atoms with Crippen LogP contribution in [-0.2, 0) is 4.79 Å². The Morgan fingerprint density at radius 3 is 2.68 bits per heavy atom. The average molecular weight is 317 g/mol. The van der Waals surface area contributed by atoms with E-state index in [0.29, 0.717) is 22.5 Å². The minimum Gasteiger partial charge on any atom is -0.453 e. The second kappa shape index (κ2) is 5.80. The van der Waals surface area contributed by atoms with Crippen LogP contribution < -0.4 is 0 Å². The number of carbonyl (C=O) groups excluding carboxylic acids is 1. The third kappa shape index (κ3) is 2.82. The van der Waals surface area contributed by atoms with E-state index in [1.54, 1.807) is 0 Å². The molecule has 2 N–H and O–H groups in total. The van der Waals surface area contributed by atoms with Crippen molar-refractivity contribution in [3.05, 3.63) is 23.5 Å². The van der Waals surface area contributed by atoms with Gasteiger partial charge in [-0.2, -0.15) is 10.1 Å². The Morgan fingerprint density at radius 1 is 1.23 bits per heavy atom. The average Bonchev–Trinajstić information content (AvgIpc) is 3.16. The van der Waals surface area contributed by atoms with Gasteiger partial charge in [-0.3, -0.25) is 15.0 Å². The van der Waals surface area contributed by atoms with Crippen LogP contribution in [0.25, 0.3) is 22.9 Å². The van der Waals surface area contributed by atoms with Gasteiger partial charge in [0.15, 0.2) is 11.6 Å². The summed E-state index contributed by atoms with van der Waals surface area (Å²) in [6, 6.07) is 3.71. The molecule has 0 aliphatic carbocycles. The van der Waals surface area contributed by atoms with Crippen molar-refractivity contribution in [1.82, 2.24) is 25.4 Å². The van der Waals surface area contributed by atoms with Gasteiger partial charge >= 0.3 is 0 Å². The van der Waals surface area contributed by atoms with Gasteiger partial charge in [0.1, 0.15) is 11.5 Å². The molecule has 0 amide bonds. The molecule has 22 heavy (non-hydrogen) atoms. The Labute approximate surface area is 130 Å². The fraction of sp³-hybridized carbons (Fsp3) is 0.286. The number of rotatable bonds is 5. The minimum atomic E-state index is 0.0857. The van der Waals surface area contributed by atoms with E-state index in [1.165, 1.54) is 18.7 Å². The Hall–Kier alpha value is -2.35. The van der Waals surface area contributed by atoms with Crippen LogP contribution in [0.3, 0.4) is 0 Å². The van der Waals surface area contributed by atoms with Crippen molar-refractivity contribution in [1.29, 1.82) is 0 Å². The first-order chi connectivity index (χ1) is 10.5. The summed E-state index contributed by atoms with van der Waals surface area (Å²) in [7, 11) is 0. The zero-order valence-electron chi connectivity index (χ0n) is 12.4. The summed E-state index contributed by atoms with van der Waals surface area (Å²) in [5.74, 6) is 2.30. The summed E-state index contributed by atoms with van der Waals surface area (Å²) < 4.78 is 5.84. The molecule has 3 heterocycles. The normalized spacial score (nSPS) is 11.0. The lowest BCUT2D eigenvalue weighted by Crippen LogP contribution is -1.93. The van der Waals surface area contributed by atoms with Crippen molar-refractivity contribution in [3.8, 4) is 22.9 Å². The molecular formula is C14H15N5O2S. The number of hydrogen-bond acceptors (Lipinski definition) is 6. The fourth-order valence-corrected chi connectivity index (χ4v) is 2.70. The zero-order valence-corrected chi connectivity index (χ0v) is 13.2. The largest absolute Gasteiger partial charge is 0.453 e. The number of H-pyrrole nitrogens is 2. The lowest BCUT2D eigenvalue weighted by Gasteiger charge is -1.95. The number of nitrogens with zero attached hydrogens (tertiary/aromatic N) is 3. The molecule has 3 aromatic rings. The van der Waals surface area contributed by atoms with Crippen molar-refractivity contribution in [3.63, 3.8) is 0 Å². The number of nitrogens with one attached hydrogen (secondary N) is 2. The van der Waals surface area contributed by atoms with Gasteiger partial charge in [0.25, 0.3) is 0 Å². The van der Waals surface area contributed by atoms with Crippen LogP contribution in [0.4, 0.5) is 0 Å². The van der Waals surface area contributed by atoms with Gasteiger partial charge in [-0.05, 0) is 32.9 Å². The molecule has 0 aromatic carbocycles. The Kier molecular flexibility index (Phi) is 3.84. The van der Waals surface area contributed by atoms with Crippen molar-refractivity contribution >= 4 is 17.5 Å². The summed E-state index contributed by atoms with van der Waals surface area (Å²) in [5, 5.41) is 14.5. The maximum absolute atomic E-state index is 11.0. The van der Waals surface area contributed by atoms with Crippen molar-refractivity contribution in [2.45, 2.75) is 25.9 Å². The summed E-state index contributed by atoms with van der Waals surface area (Å²) in [6.45, 7) is 5.41. The summed E-state index contributed by atoms with van der Waals surface area (Å²) in [5.41, 5.74) is 2.79. The van der Waals surface area contributed by atoms with E-state index < -0.39 is 0 Å². The van der Waals surface area contributed by atoms with E-state index in [0.717, 1.165) is 22.7 Å². The topological polar surface area (TPSA) is 100 Å². The zero-order chi connectivity index (χ0) is 15.7. The number of aromatic nitrogens is 5. The third-order valence-electron chi connectivity index (χ3n) is 3.08. The monoisotopic (exact) mass is 317 g/mol. The SMILES string of the molecule is CC(=O)CSc1n[nH]c(-c2ccc(-c3c(C)n[nH]c3C)o2)n1. The van der Waals surface area contributed by atoms with Crippen molar-refractivity contribution in [2.75, 3.05) is 5.75 Å². The smallest absolute Gasteiger partial charge is 0.209 e. The minimum absolute atomic E-state index is 0.0857. The van der Waals surface area contributed by atoms with Gasteiger partial charge in [0.2, 0.25) is 5.16 Å². The van der Waals surface area contributed by atoms with E-state index in [2.05, 4.69) is 25.4 Å². The van der Waals surface area contributed by atoms with E-state index in [4.69, 9.17) is 4.42 Å². The summed E-state index contributed by atoms with van der Waals surface area (Å²) in [4.78, 5) is 15.3. The predicted molar refractivity (Wildman–Crippen MR) is 82.5 cm³/mol. The molecule has 0 unspecified atom stereocenters. The van der Waals surface area contributed by atoms with Gasteiger partial charge < -0.3 is 4.42 Å². The highest BCUT2D eigenvalue weighted by Crippen LogP contribution is 2.30. The number of hydrogen-bond donors (Lipinski definition) is 2. The van der Waals surface area contributed by atoms with Gasteiger partial charge in [0, 0.05) is 5.69 Å². The molecule has 0 saturated carbocycles. The van der Waals surface area contributed by atoms with Gasteiger partial charge in [-0.1, -0.05) is 11.8 Å². The standard InChI is InChI=1S/C14H15N5O2S/c1-7(20)6-22-14-15-13(18-19-14)11-5-4-10(21-11)12-8(2)16-17-9(12)3/h4-5H,6H2,1-3H3,(H,16,17)(H,15,18,19). The number of aryl methyl sites for hydroxylation is 2. The molecule has 3 rings (SSSR count). The highest BCUT2D eigenvalue weighted by Gasteiger charge is 2.16. The molecule has 0 aliphatic heterocycles. The Bertz CT molecular complexity index is 797. The second-order valence-corrected chi connectivity index (χ2v) is 5.87. The van der Waals surface area contributed by atoms with Gasteiger partial charge in [-0.25, -0.2) is 0 Å². The maximum atomic E-state index is 11.0. The molecule has 7 nitrogen and oxygen atoms in total. The molecule has 8 heteroatoms. The highest BCUT2D eigenvalue weighted by atomic mass is 32.2. The highest BCUT2D eigenvalue weighted by molar-refractivity contribution is 7.99. The first-order valence-corrected chi connectivity index (χ1v) is 7.70. The molecule has 0 spiro atoms. The van der Waals surface area contributed by atoms with Gasteiger partial charge in [0.05, 0.1) is 17.0 Å². The lowest BCUT2D eigenvalue weighted by atomic mass is 10.1. The molecule has 0 saturated heterocycles. The predicted octanol–water partition coefficient (Wildman–Crippen LogP) is 2.75. The van der Waals surface area contributed by atoms with E-state index in [9.17, 15) is 4.79 Å². The third-order valence-corrected chi connectivity index (χ3v) is 4.07. The molecule has 0 aliphatic rings. The molecule has 114 valence electrons. The van der Waals surface area contributed by atoms with Crippen LogP contribution in [0, 0.1) is 13.8 Å². The number of Topliss-reactive ketones (excluding diaryl/α,β-unsaturated/α-hetero) is 1. The first-order valence-electron chi connectivity index (χ1n) is 6.71. The lowest BCUT2D eigenvalue weighted by molar-refractivity contribution is -0.114. The number of thioether (sulfide) groups is 1. The van der Waals surface area contributed by atoms with Crippen LogP contribution in [0.5, 0.6) is 0 Å². The van der Waals surface area contributed by atoms with Crippen LogP contribution in [-0.4, -0.2) is 36.9 Å². The van der Waals surface area contributed by atoms with Crippen LogP contribution in [0.2, 0.25) is 0 Å². The van der Waals surface area contributed by atoms with Crippen LogP contribution in [0.15, 0.2) is 21.7 Å². The van der Waals surface area contributed by atoms with E-state index in [1.807, 2.05) is 26.0 Å². The van der Waals surface area contributed by atoms with Crippen LogP contribution >= 0.6 is 11.8 Å². The number of carbonyl (C=O) groups is 1. The first kappa shape index (κ1) is 14.6. The fourth-order valence-electron chi connectivity index (χ4n) is 2.10. The molecule has 0 fully saturated rings. The van der Waals surface area contributed by atoms with E-state index >= 15 is 0 Å². The molecular weight excluding hydrogens is 302 g/mol. The number of ketones is 1. The number of aromatic amines is 2. The summed E-state index contributed by atoms with van der Waals surface area (Å²) in [6.07, 6.45) is 0. The van der Waals surface area contributed by atoms with Crippen molar-refractivity contribution < 1.29 is 9.21 Å².